The molecule has 2 aromatic heterocycles. The van der Waals surface area contributed by atoms with Gasteiger partial charge in [-0.1, -0.05) is 13.8 Å². The van der Waals surface area contributed by atoms with E-state index in [1.54, 1.807) is 0 Å². The SMILES string of the molecule is CCC(CC)(C(=O)O)n1nnnc1-c1cc(C)oc1C. The number of aryl methyl sites for hydroxylation is 2. The summed E-state index contributed by atoms with van der Waals surface area (Å²) in [6.07, 6.45) is 0.791. The minimum atomic E-state index is -1.14. The summed E-state index contributed by atoms with van der Waals surface area (Å²) < 4.78 is 6.87. The van der Waals surface area contributed by atoms with Gasteiger partial charge in [0.1, 0.15) is 11.5 Å². The summed E-state index contributed by atoms with van der Waals surface area (Å²) in [5.41, 5.74) is -0.420. The molecule has 0 unspecified atom stereocenters. The molecule has 0 radical (unpaired) electrons. The van der Waals surface area contributed by atoms with Crippen molar-refractivity contribution in [2.75, 3.05) is 0 Å². The summed E-state index contributed by atoms with van der Waals surface area (Å²) >= 11 is 0. The number of furan rings is 1. The molecule has 0 aliphatic heterocycles. The van der Waals surface area contributed by atoms with Crippen LogP contribution < -0.4 is 0 Å². The van der Waals surface area contributed by atoms with Crippen molar-refractivity contribution < 1.29 is 14.3 Å². The van der Waals surface area contributed by atoms with E-state index in [1.807, 2.05) is 33.8 Å². The summed E-state index contributed by atoms with van der Waals surface area (Å²) in [6.45, 7) is 7.27. The van der Waals surface area contributed by atoms with Gasteiger partial charge < -0.3 is 9.52 Å². The molecule has 0 bridgehead atoms. The first kappa shape index (κ1) is 14.2. The van der Waals surface area contributed by atoms with Gasteiger partial charge in [-0.25, -0.2) is 9.48 Å². The molecule has 2 rings (SSSR count). The van der Waals surface area contributed by atoms with Crippen LogP contribution in [0.1, 0.15) is 38.2 Å². The zero-order valence-corrected chi connectivity index (χ0v) is 12.0. The Morgan fingerprint density at radius 3 is 2.50 bits per heavy atom. The van der Waals surface area contributed by atoms with E-state index in [1.165, 1.54) is 4.68 Å². The van der Waals surface area contributed by atoms with Crippen LogP contribution in [0.15, 0.2) is 10.5 Å². The van der Waals surface area contributed by atoms with Crippen LogP contribution >= 0.6 is 0 Å². The van der Waals surface area contributed by atoms with E-state index in [0.29, 0.717) is 24.4 Å². The zero-order chi connectivity index (χ0) is 14.9. The van der Waals surface area contributed by atoms with E-state index in [-0.39, 0.29) is 0 Å². The van der Waals surface area contributed by atoms with E-state index >= 15 is 0 Å². The van der Waals surface area contributed by atoms with Gasteiger partial charge in [-0.3, -0.25) is 0 Å². The maximum absolute atomic E-state index is 11.7. The first-order valence-corrected chi connectivity index (χ1v) is 6.56. The molecule has 0 saturated carbocycles. The van der Waals surface area contributed by atoms with Gasteiger partial charge in [-0.05, 0) is 43.2 Å². The Bertz CT molecular complexity index is 625. The lowest BCUT2D eigenvalue weighted by Crippen LogP contribution is -2.42. The minimum absolute atomic E-state index is 0.396. The Morgan fingerprint density at radius 1 is 1.40 bits per heavy atom. The quantitative estimate of drug-likeness (QED) is 0.900. The number of carbonyl (C=O) groups is 1. The molecule has 0 atom stereocenters. The van der Waals surface area contributed by atoms with E-state index in [2.05, 4.69) is 15.5 Å². The van der Waals surface area contributed by atoms with Crippen LogP contribution in [0.2, 0.25) is 0 Å². The first-order valence-electron chi connectivity index (χ1n) is 6.56. The van der Waals surface area contributed by atoms with E-state index in [4.69, 9.17) is 4.42 Å². The highest BCUT2D eigenvalue weighted by molar-refractivity contribution is 5.77. The number of hydrogen-bond donors (Lipinski definition) is 1. The number of aromatic nitrogens is 4. The van der Waals surface area contributed by atoms with Crippen molar-refractivity contribution in [2.24, 2.45) is 0 Å². The van der Waals surface area contributed by atoms with Crippen LogP contribution in [0.5, 0.6) is 0 Å². The Morgan fingerprint density at radius 2 is 2.05 bits per heavy atom. The molecule has 0 amide bonds. The minimum Gasteiger partial charge on any atom is -0.479 e. The molecule has 0 saturated heterocycles. The Kier molecular flexibility index (Phi) is 3.61. The molecule has 0 fully saturated rings. The van der Waals surface area contributed by atoms with E-state index in [0.717, 1.165) is 11.3 Å². The van der Waals surface area contributed by atoms with Gasteiger partial charge in [0, 0.05) is 0 Å². The van der Waals surface area contributed by atoms with Gasteiger partial charge >= 0.3 is 5.97 Å². The molecule has 0 aliphatic carbocycles. The lowest BCUT2D eigenvalue weighted by Gasteiger charge is -2.27. The standard InChI is InChI=1S/C13H18N4O3/c1-5-13(6-2,12(18)19)17-11(14-15-16-17)10-7-8(3)20-9(10)4/h7H,5-6H2,1-4H3,(H,18,19). The van der Waals surface area contributed by atoms with Crippen LogP contribution in [0.25, 0.3) is 11.4 Å². The highest BCUT2D eigenvalue weighted by atomic mass is 16.4. The maximum Gasteiger partial charge on any atom is 0.331 e. The molecule has 7 nitrogen and oxygen atoms in total. The summed E-state index contributed by atoms with van der Waals surface area (Å²) in [6, 6.07) is 1.81. The third kappa shape index (κ3) is 1.99. The Hall–Kier alpha value is -2.18. The highest BCUT2D eigenvalue weighted by Crippen LogP contribution is 2.31. The van der Waals surface area contributed by atoms with Crippen molar-refractivity contribution in [3.8, 4) is 11.4 Å². The Balaban J connectivity index is 2.63. The average molecular weight is 278 g/mol. The van der Waals surface area contributed by atoms with Crippen molar-refractivity contribution in [2.45, 2.75) is 46.1 Å². The van der Waals surface area contributed by atoms with Gasteiger partial charge in [-0.15, -0.1) is 5.10 Å². The smallest absolute Gasteiger partial charge is 0.331 e. The average Bonchev–Trinajstić information content (AvgIpc) is 2.98. The fraction of sp³-hybridized carbons (Fsp3) is 0.538. The van der Waals surface area contributed by atoms with Crippen LogP contribution in [-0.2, 0) is 10.3 Å². The molecule has 108 valence electrons. The normalized spacial score (nSPS) is 11.8. The molecule has 0 spiro atoms. The van der Waals surface area contributed by atoms with Crippen LogP contribution in [-0.4, -0.2) is 31.3 Å². The second-order valence-corrected chi connectivity index (χ2v) is 4.79. The lowest BCUT2D eigenvalue weighted by molar-refractivity contribution is -0.148. The van der Waals surface area contributed by atoms with Gasteiger partial charge in [0.2, 0.25) is 0 Å². The predicted octanol–water partition coefficient (Wildman–Crippen LogP) is 2.15. The Labute approximate surface area is 116 Å². The summed E-state index contributed by atoms with van der Waals surface area (Å²) in [5, 5.41) is 21.1. The predicted molar refractivity (Wildman–Crippen MR) is 71.2 cm³/mol. The van der Waals surface area contributed by atoms with Gasteiger partial charge in [0.25, 0.3) is 0 Å². The van der Waals surface area contributed by atoms with Gasteiger partial charge in [-0.2, -0.15) is 0 Å². The maximum atomic E-state index is 11.7. The number of rotatable bonds is 5. The van der Waals surface area contributed by atoms with Crippen molar-refractivity contribution in [1.29, 1.82) is 0 Å². The van der Waals surface area contributed by atoms with Crippen molar-refractivity contribution in [3.63, 3.8) is 0 Å². The van der Waals surface area contributed by atoms with Crippen molar-refractivity contribution in [1.82, 2.24) is 20.2 Å². The first-order chi connectivity index (χ1) is 9.46. The van der Waals surface area contributed by atoms with Crippen LogP contribution in [0.3, 0.4) is 0 Å². The number of tetrazole rings is 1. The third-order valence-corrected chi connectivity index (χ3v) is 3.72. The molecular weight excluding hydrogens is 260 g/mol. The summed E-state index contributed by atoms with van der Waals surface area (Å²) in [7, 11) is 0. The number of carboxylic acid groups (broad SMARTS) is 1. The molecule has 1 N–H and O–H groups in total. The van der Waals surface area contributed by atoms with Crippen molar-refractivity contribution >= 4 is 5.97 Å². The lowest BCUT2D eigenvalue weighted by atomic mass is 9.92. The number of carboxylic acids is 1. The number of aliphatic carboxylic acids is 1. The summed E-state index contributed by atoms with van der Waals surface area (Å²) in [4.78, 5) is 11.7. The zero-order valence-electron chi connectivity index (χ0n) is 12.0. The molecule has 20 heavy (non-hydrogen) atoms. The van der Waals surface area contributed by atoms with Crippen LogP contribution in [0, 0.1) is 13.8 Å². The fourth-order valence-electron chi connectivity index (χ4n) is 2.44. The molecule has 2 heterocycles. The summed E-state index contributed by atoms with van der Waals surface area (Å²) in [5.74, 6) is 0.894. The monoisotopic (exact) mass is 278 g/mol. The second kappa shape index (κ2) is 5.07. The van der Waals surface area contributed by atoms with E-state index in [9.17, 15) is 9.90 Å². The second-order valence-electron chi connectivity index (χ2n) is 4.79. The fourth-order valence-corrected chi connectivity index (χ4v) is 2.44. The largest absolute Gasteiger partial charge is 0.479 e. The molecule has 0 aromatic carbocycles. The molecule has 7 heteroatoms. The number of nitrogens with zero attached hydrogens (tertiary/aromatic N) is 4. The third-order valence-electron chi connectivity index (χ3n) is 3.72. The molecular formula is C13H18N4O3. The van der Waals surface area contributed by atoms with E-state index < -0.39 is 11.5 Å². The van der Waals surface area contributed by atoms with Crippen molar-refractivity contribution in [3.05, 3.63) is 17.6 Å². The van der Waals surface area contributed by atoms with Gasteiger partial charge in [0.15, 0.2) is 11.4 Å². The topological polar surface area (TPSA) is 94.0 Å². The van der Waals surface area contributed by atoms with Gasteiger partial charge in [0.05, 0.1) is 5.56 Å². The highest BCUT2D eigenvalue weighted by Gasteiger charge is 2.41. The van der Waals surface area contributed by atoms with Crippen LogP contribution in [0.4, 0.5) is 0 Å². The number of hydrogen-bond acceptors (Lipinski definition) is 5. The molecule has 2 aromatic rings. The molecule has 0 aliphatic rings.